The minimum Gasteiger partial charge on any atom is -0.454 e. The first kappa shape index (κ1) is 60.6. The van der Waals surface area contributed by atoms with Crippen molar-refractivity contribution in [1.29, 1.82) is 0 Å². The van der Waals surface area contributed by atoms with E-state index in [0.717, 1.165) is 70.6 Å². The van der Waals surface area contributed by atoms with Crippen molar-refractivity contribution in [2.24, 2.45) is 0 Å². The molecule has 0 saturated carbocycles. The monoisotopic (exact) mass is 920 g/mol. The average molecular weight is 920 g/mol. The van der Waals surface area contributed by atoms with Crippen LogP contribution in [0.15, 0.2) is 48.6 Å². The number of ether oxygens (including phenoxy) is 3. The van der Waals surface area contributed by atoms with E-state index in [4.69, 9.17) is 14.2 Å². The van der Waals surface area contributed by atoms with E-state index in [0.29, 0.717) is 12.8 Å². The van der Waals surface area contributed by atoms with Crippen LogP contribution in [0.3, 0.4) is 0 Å². The van der Waals surface area contributed by atoms with Crippen molar-refractivity contribution in [3.63, 3.8) is 0 Å². The van der Waals surface area contributed by atoms with Crippen LogP contribution < -0.4 is 5.32 Å². The molecule has 11 nitrogen and oxygen atoms in total. The molecule has 6 N–H and O–H groups in total. The van der Waals surface area contributed by atoms with Crippen LogP contribution in [0.1, 0.15) is 220 Å². The molecule has 1 saturated heterocycles. The molecular formula is C54H97NO10. The second-order valence-electron chi connectivity index (χ2n) is 18.3. The number of hydrogen-bond donors (Lipinski definition) is 6. The summed E-state index contributed by atoms with van der Waals surface area (Å²) in [6.45, 7) is 5.60. The molecule has 1 rings (SSSR count). The zero-order chi connectivity index (χ0) is 47.6. The van der Waals surface area contributed by atoms with Gasteiger partial charge in [-0.15, -0.1) is 0 Å². The number of esters is 1. The molecule has 1 fully saturated rings. The highest BCUT2D eigenvalue weighted by Crippen LogP contribution is 2.26. The fourth-order valence-corrected chi connectivity index (χ4v) is 8.06. The summed E-state index contributed by atoms with van der Waals surface area (Å²) in [6.07, 6.45) is 38.8. The summed E-state index contributed by atoms with van der Waals surface area (Å²) in [6, 6.07) is -1.03. The fourth-order valence-electron chi connectivity index (χ4n) is 8.06. The third-order valence-electron chi connectivity index (χ3n) is 12.3. The van der Waals surface area contributed by atoms with E-state index in [2.05, 4.69) is 38.2 Å². The molecule has 1 amide bonds. The van der Waals surface area contributed by atoms with Gasteiger partial charge in [0.05, 0.1) is 25.4 Å². The Hall–Kier alpha value is -2.38. The molecule has 8 atom stereocenters. The molecule has 1 heterocycles. The van der Waals surface area contributed by atoms with Crippen LogP contribution in [0.5, 0.6) is 0 Å². The molecule has 8 unspecified atom stereocenters. The molecule has 0 aromatic carbocycles. The lowest BCUT2D eigenvalue weighted by Gasteiger charge is -2.41. The second kappa shape index (κ2) is 42.9. The van der Waals surface area contributed by atoms with Crippen LogP contribution >= 0.6 is 0 Å². The highest BCUT2D eigenvalue weighted by atomic mass is 16.7. The molecule has 0 aromatic heterocycles. The lowest BCUT2D eigenvalue weighted by Crippen LogP contribution is -2.61. The zero-order valence-corrected chi connectivity index (χ0v) is 41.3. The topological polar surface area (TPSA) is 175 Å². The largest absolute Gasteiger partial charge is 0.454 e. The van der Waals surface area contributed by atoms with E-state index in [1.165, 1.54) is 103 Å². The number of carbonyl (C=O) groups excluding carboxylic acids is 2. The number of rotatable bonds is 43. The van der Waals surface area contributed by atoms with Crippen molar-refractivity contribution >= 4 is 11.9 Å². The smallest absolute Gasteiger partial charge is 0.306 e. The standard InChI is InChI=1S/C54H97NO10/c1-4-7-10-13-16-19-22-24-27-30-33-36-39-42-49(59)65-52-51(61)50(60)48(43-56)64-54(52)63-44-45(46(57)40-37-34-31-28-25-21-18-15-12-9-6-3)55-53(62)47(58)41-38-35-32-29-26-23-20-17-14-11-8-5-2/h8,11,14,17,20,23,37,40,45-48,50-52,54,56-58,60-61H,4-7,9-10,12-13,15-16,18-19,21-22,24-36,38-39,41-44H2,1-3H3,(H,55,62)/b11-8+,17-14+,23-20-,40-37+. The molecule has 0 spiro atoms. The van der Waals surface area contributed by atoms with Crippen molar-refractivity contribution in [2.75, 3.05) is 13.2 Å². The minimum atomic E-state index is -1.61. The summed E-state index contributed by atoms with van der Waals surface area (Å²) in [7, 11) is 0. The molecule has 1 aliphatic heterocycles. The van der Waals surface area contributed by atoms with Crippen molar-refractivity contribution < 1.29 is 49.3 Å². The van der Waals surface area contributed by atoms with Crippen molar-refractivity contribution in [3.8, 4) is 0 Å². The number of aliphatic hydroxyl groups excluding tert-OH is 5. The van der Waals surface area contributed by atoms with Crippen LogP contribution in [-0.2, 0) is 23.8 Å². The van der Waals surface area contributed by atoms with Gasteiger partial charge in [-0.1, -0.05) is 217 Å². The first-order valence-corrected chi connectivity index (χ1v) is 26.4. The predicted molar refractivity (Wildman–Crippen MR) is 264 cm³/mol. The first-order valence-electron chi connectivity index (χ1n) is 26.4. The third kappa shape index (κ3) is 32.1. The highest BCUT2D eigenvalue weighted by molar-refractivity contribution is 5.80. The van der Waals surface area contributed by atoms with Crippen LogP contribution in [0.25, 0.3) is 0 Å². The van der Waals surface area contributed by atoms with Crippen LogP contribution in [0, 0.1) is 0 Å². The van der Waals surface area contributed by atoms with Crippen LogP contribution in [-0.4, -0.2) is 99.6 Å². The second-order valence-corrected chi connectivity index (χ2v) is 18.3. The van der Waals surface area contributed by atoms with Gasteiger partial charge in [-0.25, -0.2) is 0 Å². The first-order chi connectivity index (χ1) is 31.7. The van der Waals surface area contributed by atoms with Gasteiger partial charge >= 0.3 is 5.97 Å². The SMILES string of the molecule is CC/C=C/C=C/C=C\CCCCCCC(O)C(=O)NC(COC1OC(CO)C(O)C(O)C1OC(=O)CCCCCCCCCCCCCCC)C(O)/C=C/CCCCCCCCCCC. The lowest BCUT2D eigenvalue weighted by atomic mass is 9.99. The zero-order valence-electron chi connectivity index (χ0n) is 41.3. The Kier molecular flexibility index (Phi) is 40.1. The molecular weight excluding hydrogens is 823 g/mol. The Morgan fingerprint density at radius 2 is 1.11 bits per heavy atom. The number of nitrogens with one attached hydrogen (secondary N) is 1. The summed E-state index contributed by atoms with van der Waals surface area (Å²) < 4.78 is 17.5. The van der Waals surface area contributed by atoms with Crippen LogP contribution in [0.4, 0.5) is 0 Å². The van der Waals surface area contributed by atoms with E-state index >= 15 is 0 Å². The van der Waals surface area contributed by atoms with Gasteiger partial charge in [0.25, 0.3) is 0 Å². The maximum atomic E-state index is 13.3. The summed E-state index contributed by atoms with van der Waals surface area (Å²) in [5.41, 5.74) is 0. The minimum absolute atomic E-state index is 0.123. The van der Waals surface area contributed by atoms with Gasteiger partial charge in [0.15, 0.2) is 12.4 Å². The third-order valence-corrected chi connectivity index (χ3v) is 12.3. The maximum absolute atomic E-state index is 13.3. The van der Waals surface area contributed by atoms with Gasteiger partial charge in [0.1, 0.15) is 24.4 Å². The van der Waals surface area contributed by atoms with Gasteiger partial charge in [-0.3, -0.25) is 9.59 Å². The normalized spacial score (nSPS) is 20.6. The number of hydrogen-bond acceptors (Lipinski definition) is 10. The summed E-state index contributed by atoms with van der Waals surface area (Å²) in [4.78, 5) is 26.3. The highest BCUT2D eigenvalue weighted by Gasteiger charge is 2.47. The van der Waals surface area contributed by atoms with Crippen molar-refractivity contribution in [3.05, 3.63) is 48.6 Å². The molecule has 378 valence electrons. The summed E-state index contributed by atoms with van der Waals surface area (Å²) >= 11 is 0. The Bertz CT molecular complexity index is 1240. The number of carbonyl (C=O) groups is 2. The number of amides is 1. The van der Waals surface area contributed by atoms with Crippen molar-refractivity contribution in [1.82, 2.24) is 5.32 Å². The van der Waals surface area contributed by atoms with E-state index in [1.54, 1.807) is 6.08 Å². The van der Waals surface area contributed by atoms with Crippen LogP contribution in [0.2, 0.25) is 0 Å². The fraction of sp³-hybridized carbons (Fsp3) is 0.815. The summed E-state index contributed by atoms with van der Waals surface area (Å²) in [5.74, 6) is -1.22. The Morgan fingerprint density at radius 3 is 1.65 bits per heavy atom. The molecule has 1 aliphatic rings. The van der Waals surface area contributed by atoms with Gasteiger partial charge in [0, 0.05) is 6.42 Å². The molecule has 0 bridgehead atoms. The average Bonchev–Trinajstić information content (AvgIpc) is 3.30. The molecule has 0 aliphatic carbocycles. The molecule has 65 heavy (non-hydrogen) atoms. The van der Waals surface area contributed by atoms with Gasteiger partial charge in [-0.05, 0) is 44.9 Å². The Labute approximate surface area is 396 Å². The van der Waals surface area contributed by atoms with E-state index < -0.39 is 67.4 Å². The molecule has 11 heteroatoms. The maximum Gasteiger partial charge on any atom is 0.306 e. The molecule has 0 radical (unpaired) electrons. The van der Waals surface area contributed by atoms with E-state index in [9.17, 15) is 35.1 Å². The number of allylic oxidation sites excluding steroid dienone is 7. The van der Waals surface area contributed by atoms with Crippen molar-refractivity contribution in [2.45, 2.75) is 269 Å². The van der Waals surface area contributed by atoms with E-state index in [1.807, 2.05) is 30.4 Å². The van der Waals surface area contributed by atoms with E-state index in [-0.39, 0.29) is 19.4 Å². The number of aliphatic hydroxyl groups is 5. The quantitative estimate of drug-likeness (QED) is 0.0149. The Balaban J connectivity index is 2.78. The van der Waals surface area contributed by atoms with Gasteiger partial charge in [-0.2, -0.15) is 0 Å². The van der Waals surface area contributed by atoms with Gasteiger partial charge in [0.2, 0.25) is 5.91 Å². The van der Waals surface area contributed by atoms with Gasteiger partial charge < -0.3 is 45.1 Å². The molecule has 0 aromatic rings. The lowest BCUT2D eigenvalue weighted by molar-refractivity contribution is -0.305. The Morgan fingerprint density at radius 1 is 0.615 bits per heavy atom. The summed E-state index contributed by atoms with van der Waals surface area (Å²) in [5, 5.41) is 56.5. The predicted octanol–water partition coefficient (Wildman–Crippen LogP) is 10.9. The number of unbranched alkanes of at least 4 members (excludes halogenated alkanes) is 25.